The van der Waals surface area contributed by atoms with Crippen molar-refractivity contribution in [2.24, 2.45) is 0 Å². The van der Waals surface area contributed by atoms with E-state index in [1.165, 1.54) is 0 Å². The molecule has 1 aromatic rings. The Morgan fingerprint density at radius 1 is 1.43 bits per heavy atom. The minimum atomic E-state index is -0.589. The zero-order valence-corrected chi connectivity index (χ0v) is 8.86. The van der Waals surface area contributed by atoms with Crippen LogP contribution in [-0.2, 0) is 0 Å². The van der Waals surface area contributed by atoms with Crippen molar-refractivity contribution in [3.05, 3.63) is 45.0 Å². The van der Waals surface area contributed by atoms with Gasteiger partial charge in [0, 0.05) is 22.8 Å². The van der Waals surface area contributed by atoms with Crippen LogP contribution in [0.2, 0.25) is 5.02 Å². The molecule has 0 aliphatic carbocycles. The van der Waals surface area contributed by atoms with Crippen molar-refractivity contribution in [3.63, 3.8) is 0 Å². The van der Waals surface area contributed by atoms with Crippen molar-refractivity contribution in [1.29, 1.82) is 0 Å². The third-order valence-corrected chi connectivity index (χ3v) is 2.67. The molecule has 0 unspecified atom stereocenters. The molecule has 14 heavy (non-hydrogen) atoms. The molecule has 0 saturated carbocycles. The molecule has 0 heterocycles. The maximum atomic E-state index is 10.6. The van der Waals surface area contributed by atoms with Gasteiger partial charge in [-0.25, -0.2) is 0 Å². The molecular weight excluding hydrogens is 202 g/mol. The van der Waals surface area contributed by atoms with E-state index in [-0.39, 0.29) is 10.8 Å². The fourth-order valence-corrected chi connectivity index (χ4v) is 1.45. The Balaban J connectivity index is 2.89. The molecule has 0 aliphatic heterocycles. The molecule has 0 fully saturated rings. The number of nitro groups is 1. The van der Waals surface area contributed by atoms with Gasteiger partial charge in [0.15, 0.2) is 0 Å². The van der Waals surface area contributed by atoms with Crippen molar-refractivity contribution < 1.29 is 4.92 Å². The zero-order chi connectivity index (χ0) is 10.7. The van der Waals surface area contributed by atoms with Crippen LogP contribution in [0.25, 0.3) is 0 Å². The van der Waals surface area contributed by atoms with Gasteiger partial charge in [-0.05, 0) is 17.7 Å². The third kappa shape index (κ3) is 2.45. The lowest BCUT2D eigenvalue weighted by molar-refractivity contribution is -0.521. The average Bonchev–Trinajstić information content (AvgIpc) is 2.15. The number of halogens is 1. The quantitative estimate of drug-likeness (QED) is 0.572. The van der Waals surface area contributed by atoms with Crippen molar-refractivity contribution >= 4 is 11.6 Å². The first-order valence-electron chi connectivity index (χ1n) is 4.41. The summed E-state index contributed by atoms with van der Waals surface area (Å²) in [6.45, 7) is 3.44. The molecule has 0 spiro atoms. The zero-order valence-electron chi connectivity index (χ0n) is 8.11. The van der Waals surface area contributed by atoms with Gasteiger partial charge in [-0.15, -0.1) is 0 Å². The number of hydrogen-bond donors (Lipinski definition) is 0. The Hall–Kier alpha value is -1.09. The smallest absolute Gasteiger partial charge is 0.216 e. The standard InChI is InChI=1S/C10H12ClNO2/c1-7(8(2)12(13)14)9-4-3-5-10(11)6-9/h3-8H,1-2H3/t7-,8+/m0/s1. The van der Waals surface area contributed by atoms with Crippen LogP contribution in [0.1, 0.15) is 25.3 Å². The molecular formula is C10H12ClNO2. The summed E-state index contributed by atoms with van der Waals surface area (Å²) in [7, 11) is 0. The second-order valence-electron chi connectivity index (χ2n) is 3.37. The second-order valence-corrected chi connectivity index (χ2v) is 3.81. The van der Waals surface area contributed by atoms with Gasteiger partial charge in [-0.2, -0.15) is 0 Å². The first-order valence-corrected chi connectivity index (χ1v) is 4.79. The minimum absolute atomic E-state index is 0.122. The van der Waals surface area contributed by atoms with Crippen LogP contribution in [0.5, 0.6) is 0 Å². The van der Waals surface area contributed by atoms with Gasteiger partial charge >= 0.3 is 0 Å². The maximum absolute atomic E-state index is 10.6. The molecule has 76 valence electrons. The molecule has 0 aromatic heterocycles. The Morgan fingerprint density at radius 3 is 2.57 bits per heavy atom. The third-order valence-electron chi connectivity index (χ3n) is 2.43. The molecule has 3 nitrogen and oxygen atoms in total. The Bertz CT molecular complexity index is 341. The number of rotatable bonds is 3. The number of benzene rings is 1. The molecule has 0 aliphatic rings. The van der Waals surface area contributed by atoms with Crippen LogP contribution in [-0.4, -0.2) is 11.0 Å². The topological polar surface area (TPSA) is 43.1 Å². The lowest BCUT2D eigenvalue weighted by atomic mass is 9.95. The highest BCUT2D eigenvalue weighted by atomic mass is 35.5. The highest BCUT2D eigenvalue weighted by molar-refractivity contribution is 6.30. The lowest BCUT2D eigenvalue weighted by Gasteiger charge is -2.13. The number of nitrogens with zero attached hydrogens (tertiary/aromatic N) is 1. The molecule has 1 rings (SSSR count). The summed E-state index contributed by atoms with van der Waals surface area (Å²) >= 11 is 5.80. The lowest BCUT2D eigenvalue weighted by Crippen LogP contribution is -2.21. The minimum Gasteiger partial charge on any atom is -0.264 e. The average molecular weight is 214 g/mol. The summed E-state index contributed by atoms with van der Waals surface area (Å²) in [6.07, 6.45) is 0. The van der Waals surface area contributed by atoms with E-state index in [0.29, 0.717) is 5.02 Å². The molecule has 4 heteroatoms. The van der Waals surface area contributed by atoms with Crippen LogP contribution >= 0.6 is 11.6 Å². The van der Waals surface area contributed by atoms with E-state index >= 15 is 0 Å². The van der Waals surface area contributed by atoms with Crippen LogP contribution < -0.4 is 0 Å². The van der Waals surface area contributed by atoms with Gasteiger partial charge in [-0.3, -0.25) is 10.1 Å². The van der Waals surface area contributed by atoms with Crippen LogP contribution in [0.3, 0.4) is 0 Å². The highest BCUT2D eigenvalue weighted by Crippen LogP contribution is 2.23. The monoisotopic (exact) mass is 213 g/mol. The summed E-state index contributed by atoms with van der Waals surface area (Å²) in [6, 6.07) is 6.60. The molecule has 0 radical (unpaired) electrons. The van der Waals surface area contributed by atoms with Gasteiger partial charge in [-0.1, -0.05) is 30.7 Å². The SMILES string of the molecule is C[C@H](c1cccc(Cl)c1)[C@@H](C)[N+](=O)[O-]. The Kier molecular flexibility index (Phi) is 3.47. The van der Waals surface area contributed by atoms with E-state index in [1.54, 1.807) is 25.1 Å². The van der Waals surface area contributed by atoms with Gasteiger partial charge in [0.1, 0.15) is 0 Å². The van der Waals surface area contributed by atoms with Gasteiger partial charge in [0.25, 0.3) is 0 Å². The van der Waals surface area contributed by atoms with Crippen LogP contribution in [0.4, 0.5) is 0 Å². The molecule has 0 amide bonds. The van der Waals surface area contributed by atoms with E-state index in [9.17, 15) is 10.1 Å². The van der Waals surface area contributed by atoms with Gasteiger partial charge in [0.2, 0.25) is 6.04 Å². The van der Waals surface area contributed by atoms with E-state index in [2.05, 4.69) is 0 Å². The van der Waals surface area contributed by atoms with Crippen molar-refractivity contribution in [2.45, 2.75) is 25.8 Å². The highest BCUT2D eigenvalue weighted by Gasteiger charge is 2.23. The fraction of sp³-hybridized carbons (Fsp3) is 0.400. The van der Waals surface area contributed by atoms with E-state index < -0.39 is 6.04 Å². The van der Waals surface area contributed by atoms with Crippen LogP contribution in [0, 0.1) is 10.1 Å². The first kappa shape index (κ1) is 11.0. The molecule has 0 N–H and O–H groups in total. The molecule has 2 atom stereocenters. The summed E-state index contributed by atoms with van der Waals surface area (Å²) in [5, 5.41) is 11.2. The van der Waals surface area contributed by atoms with Crippen LogP contribution in [0.15, 0.2) is 24.3 Å². The van der Waals surface area contributed by atoms with Gasteiger partial charge < -0.3 is 0 Å². The summed E-state index contributed by atoms with van der Waals surface area (Å²) < 4.78 is 0. The Labute approximate surface area is 87.8 Å². The van der Waals surface area contributed by atoms with Crippen molar-refractivity contribution in [2.75, 3.05) is 0 Å². The Morgan fingerprint density at radius 2 is 2.07 bits per heavy atom. The largest absolute Gasteiger partial charge is 0.264 e. The number of hydrogen-bond acceptors (Lipinski definition) is 2. The summed E-state index contributed by atoms with van der Waals surface area (Å²) in [4.78, 5) is 10.3. The fourth-order valence-electron chi connectivity index (χ4n) is 1.25. The van der Waals surface area contributed by atoms with E-state index in [4.69, 9.17) is 11.6 Å². The predicted octanol–water partition coefficient (Wildman–Crippen LogP) is 3.11. The van der Waals surface area contributed by atoms with E-state index in [1.807, 2.05) is 13.0 Å². The maximum Gasteiger partial charge on any atom is 0.216 e. The predicted molar refractivity (Wildman–Crippen MR) is 56.3 cm³/mol. The normalized spacial score (nSPS) is 14.8. The first-order chi connectivity index (χ1) is 6.52. The summed E-state index contributed by atoms with van der Waals surface area (Å²) in [5.41, 5.74) is 0.904. The second kappa shape index (κ2) is 4.42. The molecule has 0 saturated heterocycles. The molecule has 1 aromatic carbocycles. The van der Waals surface area contributed by atoms with Gasteiger partial charge in [0.05, 0.1) is 0 Å². The van der Waals surface area contributed by atoms with Crippen molar-refractivity contribution in [3.8, 4) is 0 Å². The summed E-state index contributed by atoms with van der Waals surface area (Å²) in [5.74, 6) is -0.122. The van der Waals surface area contributed by atoms with Crippen molar-refractivity contribution in [1.82, 2.24) is 0 Å². The van der Waals surface area contributed by atoms with E-state index in [0.717, 1.165) is 5.56 Å². The molecule has 0 bridgehead atoms.